The molecular formula is C48H50F2N2O7. The van der Waals surface area contributed by atoms with Gasteiger partial charge in [-0.15, -0.1) is 0 Å². The molecule has 59 heavy (non-hydrogen) atoms. The second-order valence-corrected chi connectivity index (χ2v) is 15.4. The smallest absolute Gasteiger partial charge is 0.308 e. The van der Waals surface area contributed by atoms with Crippen LogP contribution in [0.3, 0.4) is 0 Å². The number of benzene rings is 4. The quantitative estimate of drug-likeness (QED) is 0.0675. The van der Waals surface area contributed by atoms with Gasteiger partial charge in [0.05, 0.1) is 31.2 Å². The summed E-state index contributed by atoms with van der Waals surface area (Å²) in [5, 5.41) is 44.4. The Hall–Kier alpha value is -5.88. The Morgan fingerprint density at radius 1 is 0.627 bits per heavy atom. The Labute approximate surface area is 342 Å². The highest BCUT2D eigenvalue weighted by Gasteiger charge is 2.25. The largest absolute Gasteiger partial charge is 0.481 e. The van der Waals surface area contributed by atoms with E-state index < -0.39 is 49.2 Å². The first-order valence-corrected chi connectivity index (χ1v) is 19.8. The summed E-state index contributed by atoms with van der Waals surface area (Å²) in [6.07, 6.45) is 0.0797. The molecule has 6 rings (SSSR count). The average Bonchev–Trinajstić information content (AvgIpc) is 3.69. The van der Waals surface area contributed by atoms with Crippen LogP contribution in [0, 0.1) is 11.6 Å². The summed E-state index contributed by atoms with van der Waals surface area (Å²) in [4.78, 5) is 24.8. The maximum absolute atomic E-state index is 13.9. The molecular weight excluding hydrogens is 755 g/mol. The van der Waals surface area contributed by atoms with Crippen LogP contribution in [0.25, 0.3) is 56.2 Å². The van der Waals surface area contributed by atoms with Crippen LogP contribution >= 0.6 is 0 Å². The molecule has 11 heteroatoms. The highest BCUT2D eigenvalue weighted by atomic mass is 19.1. The van der Waals surface area contributed by atoms with Gasteiger partial charge in [-0.2, -0.15) is 0 Å². The fourth-order valence-electron chi connectivity index (χ4n) is 7.83. The van der Waals surface area contributed by atoms with Gasteiger partial charge in [-0.3, -0.25) is 9.59 Å². The number of para-hydroxylation sites is 2. The molecule has 0 spiro atoms. The van der Waals surface area contributed by atoms with Gasteiger partial charge in [-0.05, 0) is 87.4 Å². The third kappa shape index (κ3) is 10.1. The minimum atomic E-state index is -1.33. The number of carboxylic acids is 1. The first kappa shape index (κ1) is 42.7. The van der Waals surface area contributed by atoms with Crippen molar-refractivity contribution in [1.82, 2.24) is 9.13 Å². The van der Waals surface area contributed by atoms with Crippen molar-refractivity contribution in [2.24, 2.45) is 0 Å². The van der Waals surface area contributed by atoms with Gasteiger partial charge in [0.1, 0.15) is 17.7 Å². The summed E-state index contributed by atoms with van der Waals surface area (Å²) < 4.78 is 37.5. The van der Waals surface area contributed by atoms with Gasteiger partial charge in [0.2, 0.25) is 0 Å². The van der Waals surface area contributed by atoms with Crippen molar-refractivity contribution in [3.63, 3.8) is 0 Å². The molecule has 9 nitrogen and oxygen atoms in total. The minimum Gasteiger partial charge on any atom is -0.481 e. The molecule has 0 fully saturated rings. The van der Waals surface area contributed by atoms with Gasteiger partial charge < -0.3 is 34.3 Å². The van der Waals surface area contributed by atoms with E-state index in [1.807, 2.05) is 76.2 Å². The lowest BCUT2D eigenvalue weighted by Gasteiger charge is -2.20. The lowest BCUT2D eigenvalue weighted by molar-refractivity contribution is -0.156. The number of aliphatic hydroxyl groups is 3. The zero-order chi connectivity index (χ0) is 42.4. The Morgan fingerprint density at radius 2 is 1.05 bits per heavy atom. The van der Waals surface area contributed by atoms with Crippen LogP contribution in [0.15, 0.2) is 109 Å². The molecule has 0 saturated carbocycles. The van der Waals surface area contributed by atoms with Crippen molar-refractivity contribution in [2.75, 3.05) is 0 Å². The Bertz CT molecular complexity index is 2460. The number of aromatic nitrogens is 2. The number of carboxylic acid groups (broad SMARTS) is 1. The standard InChI is InChI=1S/C48H50F2N2O7/c1-29(2)51-41-11-7-5-9-39(41)47(31-13-17-33(49)18-14-31)43(51)23-21-35(53)25-37(55)27-46(58)59-38(28-45(56)57)26-36(54)22-24-44-48(32-15-19-34(50)20-16-32)40-10-6-8-12-42(40)52(44)30(3)4/h5-24,29-30,35-38,53-55H,25-28H2,1-4H3,(H,56,57)/t35-,36+,37-,38+/m1/s1. The third-order valence-electron chi connectivity index (χ3n) is 10.3. The summed E-state index contributed by atoms with van der Waals surface area (Å²) in [7, 11) is 0. The predicted molar refractivity (Wildman–Crippen MR) is 228 cm³/mol. The number of hydrogen-bond acceptors (Lipinski definition) is 6. The molecule has 0 radical (unpaired) electrons. The Morgan fingerprint density at radius 3 is 1.47 bits per heavy atom. The minimum absolute atomic E-state index is 0.0117. The Kier molecular flexibility index (Phi) is 13.6. The van der Waals surface area contributed by atoms with E-state index in [4.69, 9.17) is 4.74 Å². The fraction of sp³-hybridized carbons (Fsp3) is 0.292. The molecule has 4 N–H and O–H groups in total. The summed E-state index contributed by atoms with van der Waals surface area (Å²) in [5.74, 6) is -2.84. The topological polar surface area (TPSA) is 134 Å². The molecule has 0 aliphatic rings. The molecule has 0 aliphatic heterocycles. The number of nitrogens with zero attached hydrogens (tertiary/aromatic N) is 2. The number of hydrogen-bond donors (Lipinski definition) is 4. The number of rotatable bonds is 17. The van der Waals surface area contributed by atoms with Crippen LogP contribution in [0.2, 0.25) is 0 Å². The van der Waals surface area contributed by atoms with Gasteiger partial charge in [0, 0.05) is 69.2 Å². The number of aliphatic carboxylic acids is 1. The van der Waals surface area contributed by atoms with E-state index in [2.05, 4.69) is 9.13 Å². The summed E-state index contributed by atoms with van der Waals surface area (Å²) in [5.41, 5.74) is 6.72. The average molecular weight is 805 g/mol. The van der Waals surface area contributed by atoms with Crippen molar-refractivity contribution >= 4 is 45.9 Å². The summed E-state index contributed by atoms with van der Waals surface area (Å²) >= 11 is 0. The maximum Gasteiger partial charge on any atom is 0.308 e. The zero-order valence-electron chi connectivity index (χ0n) is 33.5. The van der Waals surface area contributed by atoms with Crippen molar-refractivity contribution in [3.8, 4) is 22.3 Å². The van der Waals surface area contributed by atoms with Crippen molar-refractivity contribution < 1.29 is 43.5 Å². The monoisotopic (exact) mass is 804 g/mol. The molecule has 0 aliphatic carbocycles. The number of carbonyl (C=O) groups is 2. The van der Waals surface area contributed by atoms with E-state index >= 15 is 0 Å². The molecule has 0 bridgehead atoms. The highest BCUT2D eigenvalue weighted by Crippen LogP contribution is 2.39. The number of halogens is 2. The van der Waals surface area contributed by atoms with Gasteiger partial charge in [-0.1, -0.05) is 72.8 Å². The van der Waals surface area contributed by atoms with Crippen LogP contribution in [-0.2, 0) is 14.3 Å². The van der Waals surface area contributed by atoms with E-state index in [9.17, 15) is 38.8 Å². The molecule has 6 aromatic rings. The molecule has 0 unspecified atom stereocenters. The van der Waals surface area contributed by atoms with E-state index in [1.165, 1.54) is 36.4 Å². The SMILES string of the molecule is CC(C)n1c(C=C[C@@H](O)C[C@@H](O)CC(=O)O[C@H](CC(=O)O)C[C@@H](O)C=Cc2c(-c3ccc(F)cc3)c3ccccc3n2C(C)C)c(-c2ccc(F)cc2)c2ccccc21. The van der Waals surface area contributed by atoms with Crippen molar-refractivity contribution in [3.05, 3.63) is 132 Å². The number of esters is 1. The fourth-order valence-corrected chi connectivity index (χ4v) is 7.83. The molecule has 0 saturated heterocycles. The van der Waals surface area contributed by atoms with Gasteiger partial charge in [-0.25, -0.2) is 8.78 Å². The van der Waals surface area contributed by atoms with Crippen LogP contribution in [0.5, 0.6) is 0 Å². The second-order valence-electron chi connectivity index (χ2n) is 15.4. The molecule has 308 valence electrons. The van der Waals surface area contributed by atoms with Crippen molar-refractivity contribution in [2.45, 2.75) is 89.9 Å². The normalized spacial score (nSPS) is 14.2. The van der Waals surface area contributed by atoms with Crippen LogP contribution < -0.4 is 0 Å². The van der Waals surface area contributed by atoms with Crippen LogP contribution in [0.1, 0.15) is 76.8 Å². The second kappa shape index (κ2) is 18.8. The third-order valence-corrected chi connectivity index (χ3v) is 10.3. The van der Waals surface area contributed by atoms with E-state index in [0.717, 1.165) is 55.4 Å². The molecule has 2 aromatic heterocycles. The van der Waals surface area contributed by atoms with Crippen LogP contribution in [0.4, 0.5) is 8.78 Å². The van der Waals surface area contributed by atoms with E-state index in [0.29, 0.717) is 0 Å². The molecule has 0 amide bonds. The number of aliphatic hydroxyl groups excluding tert-OH is 3. The summed E-state index contributed by atoms with van der Waals surface area (Å²) in [6.45, 7) is 8.13. The highest BCUT2D eigenvalue weighted by molar-refractivity contribution is 6.02. The molecule has 4 aromatic carbocycles. The van der Waals surface area contributed by atoms with Gasteiger partial charge >= 0.3 is 11.9 Å². The Balaban J connectivity index is 1.14. The number of ether oxygens (including phenoxy) is 1. The molecule has 4 atom stereocenters. The van der Waals surface area contributed by atoms with Crippen LogP contribution in [-0.4, -0.2) is 65.9 Å². The van der Waals surface area contributed by atoms with E-state index in [1.54, 1.807) is 36.4 Å². The van der Waals surface area contributed by atoms with E-state index in [-0.39, 0.29) is 36.6 Å². The summed E-state index contributed by atoms with van der Waals surface area (Å²) in [6, 6.07) is 28.1. The first-order chi connectivity index (χ1) is 28.2. The predicted octanol–water partition coefficient (Wildman–Crippen LogP) is 9.74. The molecule has 2 heterocycles. The number of fused-ring (bicyclic) bond motifs is 2. The van der Waals surface area contributed by atoms with Gasteiger partial charge in [0.15, 0.2) is 0 Å². The lowest BCUT2D eigenvalue weighted by Crippen LogP contribution is -2.28. The zero-order valence-corrected chi connectivity index (χ0v) is 33.5. The maximum atomic E-state index is 13.9. The number of carbonyl (C=O) groups excluding carboxylic acids is 1. The van der Waals surface area contributed by atoms with Crippen molar-refractivity contribution in [1.29, 1.82) is 0 Å². The lowest BCUT2D eigenvalue weighted by atomic mass is 10.0. The first-order valence-electron chi connectivity index (χ1n) is 19.8. The van der Waals surface area contributed by atoms with Gasteiger partial charge in [0.25, 0.3) is 0 Å².